The molecule has 0 radical (unpaired) electrons. The highest BCUT2D eigenvalue weighted by Crippen LogP contribution is 2.23. The number of nitro groups is 1. The van der Waals surface area contributed by atoms with Crippen LogP contribution in [0.25, 0.3) is 33.3 Å². The van der Waals surface area contributed by atoms with E-state index in [1.54, 1.807) is 0 Å². The van der Waals surface area contributed by atoms with Crippen molar-refractivity contribution >= 4 is 27.9 Å². The molecule has 0 aliphatic carbocycles. The summed E-state index contributed by atoms with van der Waals surface area (Å²) in [6.07, 6.45) is 2.73. The maximum atomic E-state index is 10.3. The summed E-state index contributed by atoms with van der Waals surface area (Å²) in [5, 5.41) is 10.3. The number of rotatable bonds is 2. The van der Waals surface area contributed by atoms with Crippen LogP contribution in [0.3, 0.4) is 0 Å². The first-order valence-corrected chi connectivity index (χ1v) is 8.07. The van der Waals surface area contributed by atoms with Crippen molar-refractivity contribution in [2.75, 3.05) is 0 Å². The highest BCUT2D eigenvalue weighted by molar-refractivity contribution is 5.80. The minimum atomic E-state index is -0.464. The van der Waals surface area contributed by atoms with Crippen LogP contribution in [-0.2, 0) is 0 Å². The Labute approximate surface area is 153 Å². The van der Waals surface area contributed by atoms with Crippen molar-refractivity contribution in [1.82, 2.24) is 9.97 Å². The van der Waals surface area contributed by atoms with Crippen molar-refractivity contribution in [3.63, 3.8) is 0 Å². The van der Waals surface area contributed by atoms with Crippen molar-refractivity contribution < 1.29 is 13.8 Å². The summed E-state index contributed by atoms with van der Waals surface area (Å²) < 4.78 is 10.1. The normalized spacial score (nSPS) is 10.5. The molecule has 5 rings (SSSR count). The Morgan fingerprint density at radius 2 is 1.37 bits per heavy atom. The Morgan fingerprint density at radius 1 is 0.741 bits per heavy atom. The molecule has 0 N–H and O–H groups in total. The number of aromatic nitrogens is 2. The highest BCUT2D eigenvalue weighted by Gasteiger charge is 2.07. The van der Waals surface area contributed by atoms with E-state index in [2.05, 4.69) is 22.1 Å². The number of non-ortho nitro benzene ring substituents is 1. The van der Waals surface area contributed by atoms with Gasteiger partial charge in [0.1, 0.15) is 11.0 Å². The van der Waals surface area contributed by atoms with Gasteiger partial charge in [-0.2, -0.15) is 0 Å². The van der Waals surface area contributed by atoms with Gasteiger partial charge in [0.2, 0.25) is 0 Å². The molecule has 27 heavy (non-hydrogen) atoms. The zero-order chi connectivity index (χ0) is 18.6. The second-order valence-electron chi connectivity index (χ2n) is 5.66. The van der Waals surface area contributed by atoms with Crippen LogP contribution < -0.4 is 0 Å². The van der Waals surface area contributed by atoms with Crippen LogP contribution in [0.15, 0.2) is 88.4 Å². The van der Waals surface area contributed by atoms with Gasteiger partial charge >= 0.3 is 0 Å². The van der Waals surface area contributed by atoms with E-state index in [0.717, 1.165) is 16.7 Å². The van der Waals surface area contributed by atoms with Gasteiger partial charge in [-0.25, -0.2) is 9.97 Å². The summed E-state index contributed by atoms with van der Waals surface area (Å²) in [5.74, 6) is 0. The Morgan fingerprint density at radius 3 is 2.04 bits per heavy atom. The van der Waals surface area contributed by atoms with Crippen molar-refractivity contribution in [2.24, 2.45) is 0 Å². The molecule has 132 valence electrons. The van der Waals surface area contributed by atoms with E-state index in [9.17, 15) is 10.1 Å². The van der Waals surface area contributed by atoms with E-state index in [1.165, 1.54) is 36.5 Å². The van der Waals surface area contributed by atoms with E-state index in [1.807, 2.05) is 36.4 Å². The minimum Gasteiger partial charge on any atom is -0.443 e. The van der Waals surface area contributed by atoms with Crippen molar-refractivity contribution in [3.8, 4) is 11.1 Å². The standard InChI is InChI=1S/C13H9NO.C7H4N2O3/c1-2-4-10(5-3-1)11-6-7-13-12(8-11)14-9-15-13;10-9(11)5-1-2-7-6(3-5)8-4-12-7/h1-9H;1-4H. The fourth-order valence-electron chi connectivity index (χ4n) is 2.63. The Bertz CT molecular complexity index is 1210. The molecule has 0 saturated carbocycles. The molecule has 2 heterocycles. The van der Waals surface area contributed by atoms with Gasteiger partial charge in [-0.1, -0.05) is 36.4 Å². The van der Waals surface area contributed by atoms with Crippen LogP contribution in [0, 0.1) is 10.1 Å². The Kier molecular flexibility index (Phi) is 4.32. The molecule has 0 aliphatic rings. The molecule has 0 spiro atoms. The lowest BCUT2D eigenvalue weighted by Gasteiger charge is -1.99. The largest absolute Gasteiger partial charge is 0.443 e. The van der Waals surface area contributed by atoms with E-state index < -0.39 is 4.92 Å². The lowest BCUT2D eigenvalue weighted by molar-refractivity contribution is -0.384. The van der Waals surface area contributed by atoms with Crippen LogP contribution in [-0.4, -0.2) is 14.9 Å². The average molecular weight is 359 g/mol. The van der Waals surface area contributed by atoms with Crippen LogP contribution in [0.1, 0.15) is 0 Å². The molecular weight excluding hydrogens is 346 g/mol. The summed E-state index contributed by atoms with van der Waals surface area (Å²) in [7, 11) is 0. The molecule has 0 saturated heterocycles. The first-order chi connectivity index (χ1) is 13.2. The summed E-state index contributed by atoms with van der Waals surface area (Å²) in [6.45, 7) is 0. The number of oxazole rings is 2. The molecule has 5 aromatic rings. The molecule has 0 atom stereocenters. The number of fused-ring (bicyclic) bond motifs is 2. The third-order valence-electron chi connectivity index (χ3n) is 3.96. The predicted molar refractivity (Wildman–Crippen MR) is 100 cm³/mol. The maximum Gasteiger partial charge on any atom is 0.271 e. The van der Waals surface area contributed by atoms with Gasteiger partial charge in [-0.15, -0.1) is 0 Å². The Balaban J connectivity index is 0.000000137. The SMILES string of the molecule is O=[N+]([O-])c1ccc2ocnc2c1.c1ccc(-c2ccc3ocnc3c2)cc1. The molecular formula is C20H13N3O4. The van der Waals surface area contributed by atoms with E-state index in [0.29, 0.717) is 11.1 Å². The topological polar surface area (TPSA) is 95.2 Å². The average Bonchev–Trinajstić information content (AvgIpc) is 3.37. The summed E-state index contributed by atoms with van der Waals surface area (Å²) >= 11 is 0. The van der Waals surface area contributed by atoms with Gasteiger partial charge in [0.05, 0.1) is 4.92 Å². The molecule has 3 aromatic carbocycles. The highest BCUT2D eigenvalue weighted by atomic mass is 16.6. The number of nitrogens with zero attached hydrogens (tertiary/aromatic N) is 3. The van der Waals surface area contributed by atoms with Crippen molar-refractivity contribution in [1.29, 1.82) is 0 Å². The monoisotopic (exact) mass is 359 g/mol. The second kappa shape index (κ2) is 7.09. The van der Waals surface area contributed by atoms with Gasteiger partial charge < -0.3 is 8.83 Å². The van der Waals surface area contributed by atoms with Gasteiger partial charge in [0, 0.05) is 12.1 Å². The summed E-state index contributed by atoms with van der Waals surface area (Å²) in [4.78, 5) is 17.8. The lowest BCUT2D eigenvalue weighted by Crippen LogP contribution is -1.86. The number of nitro benzene ring substituents is 1. The van der Waals surface area contributed by atoms with E-state index in [-0.39, 0.29) is 5.69 Å². The van der Waals surface area contributed by atoms with E-state index in [4.69, 9.17) is 8.83 Å². The summed E-state index contributed by atoms with van der Waals surface area (Å²) in [5.41, 5.74) is 5.17. The zero-order valence-electron chi connectivity index (χ0n) is 14.0. The smallest absolute Gasteiger partial charge is 0.271 e. The number of hydrogen-bond acceptors (Lipinski definition) is 6. The molecule has 7 nitrogen and oxygen atoms in total. The molecule has 0 amide bonds. The summed E-state index contributed by atoms with van der Waals surface area (Å²) in [6, 6.07) is 20.6. The van der Waals surface area contributed by atoms with Crippen LogP contribution in [0.2, 0.25) is 0 Å². The van der Waals surface area contributed by atoms with Crippen LogP contribution in [0.4, 0.5) is 5.69 Å². The lowest BCUT2D eigenvalue weighted by atomic mass is 10.1. The van der Waals surface area contributed by atoms with Crippen molar-refractivity contribution in [2.45, 2.75) is 0 Å². The zero-order valence-corrected chi connectivity index (χ0v) is 14.0. The molecule has 7 heteroatoms. The predicted octanol–water partition coefficient (Wildman–Crippen LogP) is 5.23. The fraction of sp³-hybridized carbons (Fsp3) is 0. The van der Waals surface area contributed by atoms with Gasteiger partial charge in [-0.3, -0.25) is 10.1 Å². The molecule has 2 aromatic heterocycles. The molecule has 0 bridgehead atoms. The van der Waals surface area contributed by atoms with Gasteiger partial charge in [0.25, 0.3) is 5.69 Å². The van der Waals surface area contributed by atoms with Crippen LogP contribution >= 0.6 is 0 Å². The number of benzene rings is 3. The van der Waals surface area contributed by atoms with E-state index >= 15 is 0 Å². The fourth-order valence-corrected chi connectivity index (χ4v) is 2.63. The third kappa shape index (κ3) is 3.52. The van der Waals surface area contributed by atoms with Crippen LogP contribution in [0.5, 0.6) is 0 Å². The van der Waals surface area contributed by atoms with Gasteiger partial charge in [0.15, 0.2) is 24.0 Å². The minimum absolute atomic E-state index is 0.0244. The first kappa shape index (κ1) is 16.5. The second-order valence-corrected chi connectivity index (χ2v) is 5.66. The Hall–Kier alpha value is -4.00. The first-order valence-electron chi connectivity index (χ1n) is 8.07. The number of hydrogen-bond donors (Lipinski definition) is 0. The maximum absolute atomic E-state index is 10.3. The molecule has 0 fully saturated rings. The third-order valence-corrected chi connectivity index (χ3v) is 3.96. The quantitative estimate of drug-likeness (QED) is 0.316. The molecule has 0 unspecified atom stereocenters. The van der Waals surface area contributed by atoms with Crippen molar-refractivity contribution in [3.05, 3.63) is 89.6 Å². The molecule has 0 aliphatic heterocycles. The van der Waals surface area contributed by atoms with Gasteiger partial charge in [-0.05, 0) is 29.3 Å².